The van der Waals surface area contributed by atoms with Crippen LogP contribution >= 0.6 is 0 Å². The average Bonchev–Trinajstić information content (AvgIpc) is 2.70. The van der Waals surface area contributed by atoms with Crippen molar-refractivity contribution in [2.45, 2.75) is 6.42 Å². The van der Waals surface area contributed by atoms with E-state index < -0.39 is 18.5 Å². The van der Waals surface area contributed by atoms with Gasteiger partial charge in [-0.05, 0) is 17.2 Å². The third-order valence-electron chi connectivity index (χ3n) is 3.86. The molecular weight excluding hydrogens is 360 g/mol. The standard InChI is InChI=1S/C21H24N2O5/c1-23(2)20(25)13-22-19(24)14-28-21(26)15-27-18-11-7-6-10-17(18)12-16-8-4-3-5-9-16/h3-11H,12-15H2,1-2H3,(H,22,24). The van der Waals surface area contributed by atoms with E-state index in [1.54, 1.807) is 20.2 Å². The van der Waals surface area contributed by atoms with Crippen molar-refractivity contribution in [3.8, 4) is 5.75 Å². The summed E-state index contributed by atoms with van der Waals surface area (Å²) in [6, 6.07) is 17.4. The minimum absolute atomic E-state index is 0.146. The fraction of sp³-hybridized carbons (Fsp3) is 0.286. The molecule has 0 saturated carbocycles. The van der Waals surface area contributed by atoms with Crippen LogP contribution in [-0.4, -0.2) is 56.5 Å². The van der Waals surface area contributed by atoms with Crippen molar-refractivity contribution >= 4 is 17.8 Å². The van der Waals surface area contributed by atoms with Gasteiger partial charge in [0.05, 0.1) is 6.54 Å². The number of nitrogens with one attached hydrogen (secondary N) is 1. The molecule has 2 amide bonds. The number of amides is 2. The minimum atomic E-state index is -0.663. The smallest absolute Gasteiger partial charge is 0.344 e. The Morgan fingerprint density at radius 2 is 1.61 bits per heavy atom. The van der Waals surface area contributed by atoms with Gasteiger partial charge in [-0.25, -0.2) is 4.79 Å². The summed E-state index contributed by atoms with van der Waals surface area (Å²) in [7, 11) is 3.17. The molecule has 0 unspecified atom stereocenters. The molecular formula is C21H24N2O5. The average molecular weight is 384 g/mol. The van der Waals surface area contributed by atoms with Gasteiger partial charge in [-0.3, -0.25) is 9.59 Å². The van der Waals surface area contributed by atoms with Crippen LogP contribution in [-0.2, 0) is 25.5 Å². The van der Waals surface area contributed by atoms with Crippen LogP contribution in [0.3, 0.4) is 0 Å². The van der Waals surface area contributed by atoms with E-state index in [1.807, 2.05) is 48.5 Å². The number of likely N-dealkylation sites (N-methyl/N-ethyl adjacent to an activating group) is 1. The van der Waals surface area contributed by atoms with E-state index in [9.17, 15) is 14.4 Å². The summed E-state index contributed by atoms with van der Waals surface area (Å²) < 4.78 is 10.4. The quantitative estimate of drug-likeness (QED) is 0.661. The van der Waals surface area contributed by atoms with E-state index in [2.05, 4.69) is 5.32 Å². The Morgan fingerprint density at radius 3 is 2.32 bits per heavy atom. The molecule has 0 bridgehead atoms. The zero-order valence-electron chi connectivity index (χ0n) is 16.0. The molecule has 0 heterocycles. The molecule has 7 heteroatoms. The second kappa shape index (κ2) is 10.7. The maximum atomic E-state index is 11.8. The van der Waals surface area contributed by atoms with Crippen molar-refractivity contribution < 1.29 is 23.9 Å². The van der Waals surface area contributed by atoms with Gasteiger partial charge in [-0.2, -0.15) is 0 Å². The SMILES string of the molecule is CN(C)C(=O)CNC(=O)COC(=O)COc1ccccc1Cc1ccccc1. The Morgan fingerprint density at radius 1 is 0.929 bits per heavy atom. The van der Waals surface area contributed by atoms with Gasteiger partial charge < -0.3 is 19.7 Å². The molecule has 0 fully saturated rings. The highest BCUT2D eigenvalue weighted by molar-refractivity contribution is 5.86. The molecule has 0 aliphatic heterocycles. The van der Waals surface area contributed by atoms with Crippen molar-refractivity contribution in [2.24, 2.45) is 0 Å². The number of ether oxygens (including phenoxy) is 2. The fourth-order valence-corrected chi connectivity index (χ4v) is 2.31. The second-order valence-electron chi connectivity index (χ2n) is 6.28. The summed E-state index contributed by atoms with van der Waals surface area (Å²) in [6.07, 6.45) is 0.675. The van der Waals surface area contributed by atoms with Gasteiger partial charge in [0.2, 0.25) is 5.91 Å². The number of carbonyl (C=O) groups is 3. The molecule has 0 saturated heterocycles. The number of para-hydroxylation sites is 1. The largest absolute Gasteiger partial charge is 0.482 e. The first-order chi connectivity index (χ1) is 13.5. The molecule has 2 aromatic rings. The molecule has 0 atom stereocenters. The van der Waals surface area contributed by atoms with Crippen LogP contribution in [0.5, 0.6) is 5.75 Å². The zero-order chi connectivity index (χ0) is 20.4. The van der Waals surface area contributed by atoms with Crippen molar-refractivity contribution in [3.05, 3.63) is 65.7 Å². The first-order valence-corrected chi connectivity index (χ1v) is 8.83. The highest BCUT2D eigenvalue weighted by atomic mass is 16.6. The van der Waals surface area contributed by atoms with Crippen LogP contribution in [0.15, 0.2) is 54.6 Å². The van der Waals surface area contributed by atoms with Gasteiger partial charge in [0, 0.05) is 20.5 Å². The van der Waals surface area contributed by atoms with Crippen LogP contribution in [0.1, 0.15) is 11.1 Å². The Hall–Kier alpha value is -3.35. The molecule has 0 aliphatic rings. The zero-order valence-corrected chi connectivity index (χ0v) is 16.0. The van der Waals surface area contributed by atoms with Gasteiger partial charge in [-0.15, -0.1) is 0 Å². The molecule has 2 aromatic carbocycles. The summed E-state index contributed by atoms with van der Waals surface area (Å²) in [5.74, 6) is -0.876. The molecule has 0 aliphatic carbocycles. The van der Waals surface area contributed by atoms with E-state index >= 15 is 0 Å². The van der Waals surface area contributed by atoms with Crippen molar-refractivity contribution in [3.63, 3.8) is 0 Å². The molecule has 2 rings (SSSR count). The Labute approximate surface area is 164 Å². The van der Waals surface area contributed by atoms with Gasteiger partial charge in [-0.1, -0.05) is 48.5 Å². The minimum Gasteiger partial charge on any atom is -0.482 e. The predicted octanol–water partition coefficient (Wildman–Crippen LogP) is 1.40. The molecule has 0 spiro atoms. The molecule has 7 nitrogen and oxygen atoms in total. The lowest BCUT2D eigenvalue weighted by Crippen LogP contribution is -2.38. The van der Waals surface area contributed by atoms with Crippen LogP contribution < -0.4 is 10.1 Å². The van der Waals surface area contributed by atoms with Crippen molar-refractivity contribution in [1.82, 2.24) is 10.2 Å². The normalized spacial score (nSPS) is 10.1. The summed E-state index contributed by atoms with van der Waals surface area (Å²) in [5.41, 5.74) is 2.08. The number of nitrogens with zero attached hydrogens (tertiary/aromatic N) is 1. The van der Waals surface area contributed by atoms with Crippen LogP contribution in [0, 0.1) is 0 Å². The monoisotopic (exact) mass is 384 g/mol. The summed E-state index contributed by atoms with van der Waals surface area (Å²) in [6.45, 7) is -0.920. The van der Waals surface area contributed by atoms with Gasteiger partial charge in [0.25, 0.3) is 5.91 Å². The second-order valence-corrected chi connectivity index (χ2v) is 6.28. The number of hydrogen-bond acceptors (Lipinski definition) is 5. The lowest BCUT2D eigenvalue weighted by molar-refractivity contribution is -0.150. The summed E-state index contributed by atoms with van der Waals surface area (Å²) in [4.78, 5) is 36.2. The molecule has 1 N–H and O–H groups in total. The molecule has 28 heavy (non-hydrogen) atoms. The topological polar surface area (TPSA) is 84.9 Å². The molecule has 148 valence electrons. The van der Waals surface area contributed by atoms with E-state index in [0.717, 1.165) is 11.1 Å². The third-order valence-corrected chi connectivity index (χ3v) is 3.86. The van der Waals surface area contributed by atoms with E-state index in [0.29, 0.717) is 12.2 Å². The van der Waals surface area contributed by atoms with Crippen molar-refractivity contribution in [2.75, 3.05) is 33.9 Å². The molecule has 0 aromatic heterocycles. The number of benzene rings is 2. The third kappa shape index (κ3) is 7.11. The summed E-state index contributed by atoms with van der Waals surface area (Å²) in [5, 5.41) is 2.38. The first-order valence-electron chi connectivity index (χ1n) is 8.83. The summed E-state index contributed by atoms with van der Waals surface area (Å²) >= 11 is 0. The number of carbonyl (C=O) groups excluding carboxylic acids is 3. The molecule has 0 radical (unpaired) electrons. The number of esters is 1. The maximum Gasteiger partial charge on any atom is 0.344 e. The van der Waals surface area contributed by atoms with Crippen LogP contribution in [0.4, 0.5) is 0 Å². The van der Waals surface area contributed by atoms with E-state index in [4.69, 9.17) is 9.47 Å². The predicted molar refractivity (Wildman–Crippen MR) is 104 cm³/mol. The van der Waals surface area contributed by atoms with Crippen LogP contribution in [0.25, 0.3) is 0 Å². The first kappa shape index (κ1) is 21.0. The van der Waals surface area contributed by atoms with Crippen molar-refractivity contribution in [1.29, 1.82) is 0 Å². The number of rotatable bonds is 9. The number of hydrogen-bond donors (Lipinski definition) is 1. The van der Waals surface area contributed by atoms with Gasteiger partial charge in [0.15, 0.2) is 13.2 Å². The highest BCUT2D eigenvalue weighted by Crippen LogP contribution is 2.21. The Bertz CT molecular complexity index is 805. The Kier molecular flexibility index (Phi) is 8.02. The fourth-order valence-electron chi connectivity index (χ4n) is 2.31. The lowest BCUT2D eigenvalue weighted by atomic mass is 10.0. The van der Waals surface area contributed by atoms with Gasteiger partial charge in [0.1, 0.15) is 5.75 Å². The lowest BCUT2D eigenvalue weighted by Gasteiger charge is -2.12. The highest BCUT2D eigenvalue weighted by Gasteiger charge is 2.12. The Balaban J connectivity index is 1.78. The van der Waals surface area contributed by atoms with E-state index in [-0.39, 0.29) is 19.1 Å². The van der Waals surface area contributed by atoms with E-state index in [1.165, 1.54) is 4.90 Å². The maximum absolute atomic E-state index is 11.8. The van der Waals surface area contributed by atoms with Gasteiger partial charge >= 0.3 is 5.97 Å². The van der Waals surface area contributed by atoms with Crippen LogP contribution in [0.2, 0.25) is 0 Å².